The second-order valence-corrected chi connectivity index (χ2v) is 7.30. The lowest BCUT2D eigenvalue weighted by Crippen LogP contribution is -2.30. The number of amides is 2. The zero-order valence-corrected chi connectivity index (χ0v) is 16.5. The molecule has 0 aliphatic carbocycles. The van der Waals surface area contributed by atoms with Gasteiger partial charge < -0.3 is 10.1 Å². The number of benzene rings is 2. The molecule has 2 aromatic rings. The molecule has 9 nitrogen and oxygen atoms in total. The van der Waals surface area contributed by atoms with Gasteiger partial charge in [0.15, 0.2) is 5.17 Å². The first-order valence-electron chi connectivity index (χ1n) is 8.59. The molecule has 29 heavy (non-hydrogen) atoms. The summed E-state index contributed by atoms with van der Waals surface area (Å²) in [7, 11) is 3.14. The van der Waals surface area contributed by atoms with Crippen molar-refractivity contribution in [1.82, 2.24) is 4.90 Å². The fourth-order valence-corrected chi connectivity index (χ4v) is 3.85. The van der Waals surface area contributed by atoms with E-state index in [0.29, 0.717) is 22.3 Å². The molecule has 3 rings (SSSR count). The van der Waals surface area contributed by atoms with Crippen molar-refractivity contribution in [3.63, 3.8) is 0 Å². The van der Waals surface area contributed by atoms with Gasteiger partial charge in [0.05, 0.1) is 12.0 Å². The van der Waals surface area contributed by atoms with Gasteiger partial charge in [-0.3, -0.25) is 24.6 Å². The Morgan fingerprint density at radius 3 is 2.79 bits per heavy atom. The zero-order chi connectivity index (χ0) is 21.0. The minimum absolute atomic E-state index is 0.0819. The summed E-state index contributed by atoms with van der Waals surface area (Å²) in [6.07, 6.45) is -0.0819. The largest absolute Gasteiger partial charge is 0.494 e. The van der Waals surface area contributed by atoms with Gasteiger partial charge in [-0.1, -0.05) is 30.0 Å². The maximum absolute atomic E-state index is 12.5. The van der Waals surface area contributed by atoms with Gasteiger partial charge in [-0.25, -0.2) is 4.99 Å². The second-order valence-electron chi connectivity index (χ2n) is 6.13. The number of ether oxygens (including phenoxy) is 1. The van der Waals surface area contributed by atoms with Gasteiger partial charge in [0.2, 0.25) is 11.8 Å². The number of methoxy groups -OCH3 is 1. The van der Waals surface area contributed by atoms with Gasteiger partial charge in [-0.2, -0.15) is 0 Å². The van der Waals surface area contributed by atoms with E-state index < -0.39 is 16.1 Å². The Morgan fingerprint density at radius 1 is 1.31 bits per heavy atom. The number of anilines is 1. The smallest absolute Gasteiger partial charge is 0.271 e. The van der Waals surface area contributed by atoms with Gasteiger partial charge in [0.1, 0.15) is 16.7 Å². The van der Waals surface area contributed by atoms with Crippen LogP contribution in [0.25, 0.3) is 0 Å². The molecule has 150 valence electrons. The lowest BCUT2D eigenvalue weighted by atomic mass is 10.2. The molecule has 1 atom stereocenters. The van der Waals surface area contributed by atoms with Crippen molar-refractivity contribution in [2.75, 3.05) is 19.5 Å². The van der Waals surface area contributed by atoms with Crippen LogP contribution in [0.1, 0.15) is 6.42 Å². The van der Waals surface area contributed by atoms with Crippen LogP contribution < -0.4 is 10.1 Å². The number of aliphatic imine (C=N–C) groups is 1. The number of amidine groups is 1. The van der Waals surface area contributed by atoms with Crippen LogP contribution in [0.5, 0.6) is 5.75 Å². The summed E-state index contributed by atoms with van der Waals surface area (Å²) in [4.78, 5) is 41.1. The van der Waals surface area contributed by atoms with Crippen LogP contribution in [0.2, 0.25) is 0 Å². The topological polar surface area (TPSA) is 114 Å². The highest BCUT2D eigenvalue weighted by Gasteiger charge is 2.37. The van der Waals surface area contributed by atoms with E-state index in [1.165, 1.54) is 42.0 Å². The van der Waals surface area contributed by atoms with Gasteiger partial charge in [0, 0.05) is 31.3 Å². The highest BCUT2D eigenvalue weighted by atomic mass is 32.2. The molecular formula is C19H18N4O5S. The number of thioether (sulfide) groups is 1. The highest BCUT2D eigenvalue weighted by Crippen LogP contribution is 2.34. The molecule has 1 aliphatic heterocycles. The fourth-order valence-electron chi connectivity index (χ4n) is 2.70. The molecular weight excluding hydrogens is 396 g/mol. The first kappa shape index (κ1) is 20.3. The van der Waals surface area contributed by atoms with E-state index in [0.717, 1.165) is 0 Å². The first-order chi connectivity index (χ1) is 13.9. The monoisotopic (exact) mass is 414 g/mol. The van der Waals surface area contributed by atoms with E-state index in [4.69, 9.17) is 4.74 Å². The van der Waals surface area contributed by atoms with Crippen molar-refractivity contribution < 1.29 is 19.2 Å². The molecule has 0 unspecified atom stereocenters. The van der Waals surface area contributed by atoms with Crippen LogP contribution in [0, 0.1) is 10.1 Å². The van der Waals surface area contributed by atoms with Crippen LogP contribution in [0.15, 0.2) is 53.5 Å². The highest BCUT2D eigenvalue weighted by molar-refractivity contribution is 8.15. The third kappa shape index (κ3) is 4.72. The quantitative estimate of drug-likeness (QED) is 0.573. The fraction of sp³-hybridized carbons (Fsp3) is 0.211. The number of carbonyl (C=O) groups is 2. The molecule has 0 radical (unpaired) electrons. The number of rotatable bonds is 6. The molecule has 0 bridgehead atoms. The van der Waals surface area contributed by atoms with E-state index in [1.54, 1.807) is 25.2 Å². The Bertz CT molecular complexity index is 994. The SMILES string of the molecule is COc1ccccc1N=C1S[C@H](CC(=O)Nc2cccc([N+](=O)[O-])c2)C(=O)N1C. The zero-order valence-electron chi connectivity index (χ0n) is 15.7. The molecule has 10 heteroatoms. The van der Waals surface area contributed by atoms with Crippen LogP contribution in [-0.2, 0) is 9.59 Å². The maximum Gasteiger partial charge on any atom is 0.271 e. The molecule has 1 heterocycles. The third-order valence-electron chi connectivity index (χ3n) is 4.15. The minimum atomic E-state index is -0.632. The van der Waals surface area contributed by atoms with Gasteiger partial charge in [-0.15, -0.1) is 0 Å². The normalized spacial score (nSPS) is 17.4. The van der Waals surface area contributed by atoms with Crippen molar-refractivity contribution in [2.24, 2.45) is 4.99 Å². The molecule has 2 amide bonds. The second kappa shape index (κ2) is 8.74. The molecule has 1 N–H and O–H groups in total. The van der Waals surface area contributed by atoms with Gasteiger partial charge >= 0.3 is 0 Å². The Hall–Kier alpha value is -3.40. The van der Waals surface area contributed by atoms with Crippen LogP contribution in [0.3, 0.4) is 0 Å². The number of hydrogen-bond acceptors (Lipinski definition) is 7. The maximum atomic E-state index is 12.5. The molecule has 1 fully saturated rings. The van der Waals surface area contributed by atoms with Crippen molar-refractivity contribution >= 4 is 45.8 Å². The summed E-state index contributed by atoms with van der Waals surface area (Å²) in [5, 5.41) is 13.3. The summed E-state index contributed by atoms with van der Waals surface area (Å²) in [5.74, 6) is -0.0746. The van der Waals surface area contributed by atoms with E-state index in [-0.39, 0.29) is 18.0 Å². The summed E-state index contributed by atoms with van der Waals surface area (Å²) in [6.45, 7) is 0. The van der Waals surface area contributed by atoms with Crippen molar-refractivity contribution in [3.05, 3.63) is 58.6 Å². The molecule has 0 spiro atoms. The predicted octanol–water partition coefficient (Wildman–Crippen LogP) is 3.19. The Kier molecular flexibility index (Phi) is 6.13. The lowest BCUT2D eigenvalue weighted by Gasteiger charge is -2.10. The molecule has 0 saturated carbocycles. The molecule has 1 saturated heterocycles. The van der Waals surface area contributed by atoms with Crippen molar-refractivity contribution in [3.8, 4) is 5.75 Å². The summed E-state index contributed by atoms with van der Waals surface area (Å²) in [5.41, 5.74) is 0.759. The van der Waals surface area contributed by atoms with Crippen molar-refractivity contribution in [1.29, 1.82) is 0 Å². The number of carbonyl (C=O) groups excluding carboxylic acids is 2. The Labute approximate surface area is 170 Å². The minimum Gasteiger partial charge on any atom is -0.494 e. The van der Waals surface area contributed by atoms with Gasteiger partial charge in [-0.05, 0) is 18.2 Å². The van der Waals surface area contributed by atoms with Crippen LogP contribution in [0.4, 0.5) is 17.1 Å². The van der Waals surface area contributed by atoms with Crippen LogP contribution in [-0.4, -0.2) is 46.2 Å². The van der Waals surface area contributed by atoms with E-state index in [2.05, 4.69) is 10.3 Å². The molecule has 1 aliphatic rings. The number of hydrogen-bond donors (Lipinski definition) is 1. The summed E-state index contributed by atoms with van der Waals surface area (Å²) in [6, 6.07) is 12.8. The summed E-state index contributed by atoms with van der Waals surface area (Å²) >= 11 is 1.19. The number of para-hydroxylation sites is 2. The Morgan fingerprint density at radius 2 is 2.07 bits per heavy atom. The van der Waals surface area contributed by atoms with E-state index >= 15 is 0 Å². The van der Waals surface area contributed by atoms with Crippen LogP contribution >= 0.6 is 11.8 Å². The third-order valence-corrected chi connectivity index (χ3v) is 5.38. The number of nitrogens with one attached hydrogen (secondary N) is 1. The number of nitrogens with zero attached hydrogens (tertiary/aromatic N) is 3. The number of nitro benzene ring substituents is 1. The van der Waals surface area contributed by atoms with E-state index in [1.807, 2.05) is 12.1 Å². The molecule has 0 aromatic heterocycles. The number of non-ortho nitro benzene ring substituents is 1. The predicted molar refractivity (Wildman–Crippen MR) is 111 cm³/mol. The Balaban J connectivity index is 1.70. The molecule has 2 aromatic carbocycles. The first-order valence-corrected chi connectivity index (χ1v) is 9.47. The average molecular weight is 414 g/mol. The van der Waals surface area contributed by atoms with Crippen molar-refractivity contribution in [2.45, 2.75) is 11.7 Å². The standard InChI is InChI=1S/C19H18N4O5S/c1-22-18(25)16(29-19(22)21-14-8-3-4-9-15(14)28-2)11-17(24)20-12-6-5-7-13(10-12)23(26)27/h3-10,16H,11H2,1-2H3,(H,20,24)/t16-/m1/s1. The average Bonchev–Trinajstić information content (AvgIpc) is 2.96. The number of nitro groups is 1. The van der Waals surface area contributed by atoms with E-state index in [9.17, 15) is 19.7 Å². The lowest BCUT2D eigenvalue weighted by molar-refractivity contribution is -0.384. The summed E-state index contributed by atoms with van der Waals surface area (Å²) < 4.78 is 5.27. The van der Waals surface area contributed by atoms with Gasteiger partial charge in [0.25, 0.3) is 5.69 Å².